The lowest BCUT2D eigenvalue weighted by atomic mass is 9.84. The Morgan fingerprint density at radius 3 is 2.53 bits per heavy atom. The van der Waals surface area contributed by atoms with E-state index in [-0.39, 0.29) is 38.1 Å². The predicted molar refractivity (Wildman–Crippen MR) is 136 cm³/mol. The summed E-state index contributed by atoms with van der Waals surface area (Å²) >= 11 is 6.24. The summed E-state index contributed by atoms with van der Waals surface area (Å²) in [5.41, 5.74) is 5.03. The maximum absolute atomic E-state index is 13.5. The SMILES string of the molecule is CS(=O)(=O)c1cc(Cl)c2ncn([C@@H](CC3CCCCC3)C(=O)Nc3ccc(C(N)=O)cn3)c(=O)c2c1. The van der Waals surface area contributed by atoms with Crippen LogP contribution in [0.2, 0.25) is 5.02 Å². The van der Waals surface area contributed by atoms with Gasteiger partial charge in [-0.25, -0.2) is 18.4 Å². The summed E-state index contributed by atoms with van der Waals surface area (Å²) in [5.74, 6) is -0.693. The van der Waals surface area contributed by atoms with Crippen LogP contribution >= 0.6 is 11.6 Å². The van der Waals surface area contributed by atoms with E-state index in [4.69, 9.17) is 17.3 Å². The standard InChI is InChI=1S/C24H26ClN5O5S/c1-36(34,35)16-10-17-21(18(25)11-16)28-13-30(24(17)33)19(9-14-5-3-2-4-6-14)23(32)29-20-8-7-15(12-27-20)22(26)31/h7-8,10-14,19H,2-6,9H2,1H3,(H2,26,31)(H,27,29,32)/t19-/m0/s1. The molecule has 0 bridgehead atoms. The largest absolute Gasteiger partial charge is 0.366 e. The zero-order valence-corrected chi connectivity index (χ0v) is 21.2. The highest BCUT2D eigenvalue weighted by molar-refractivity contribution is 7.90. The van der Waals surface area contributed by atoms with E-state index in [1.165, 1.54) is 41.4 Å². The van der Waals surface area contributed by atoms with Crippen molar-refractivity contribution in [2.45, 2.75) is 49.5 Å². The molecule has 2 aromatic heterocycles. The Hall–Kier alpha value is -3.31. The normalized spacial score (nSPS) is 15.5. The second kappa shape index (κ2) is 10.4. The molecule has 0 aliphatic heterocycles. The van der Waals surface area contributed by atoms with Gasteiger partial charge in [0, 0.05) is 12.5 Å². The third kappa shape index (κ3) is 5.57. The maximum atomic E-state index is 13.5. The van der Waals surface area contributed by atoms with Crippen LogP contribution in [0.5, 0.6) is 0 Å². The van der Waals surface area contributed by atoms with Crippen LogP contribution in [0, 0.1) is 5.92 Å². The number of benzene rings is 1. The Bertz CT molecular complexity index is 1480. The molecule has 10 nitrogen and oxygen atoms in total. The van der Waals surface area contributed by atoms with Crippen LogP contribution in [0.1, 0.15) is 54.9 Å². The van der Waals surface area contributed by atoms with Gasteiger partial charge in [-0.3, -0.25) is 19.0 Å². The van der Waals surface area contributed by atoms with Gasteiger partial charge in [-0.05, 0) is 36.6 Å². The van der Waals surface area contributed by atoms with Gasteiger partial charge in [-0.15, -0.1) is 0 Å². The number of nitrogens with zero attached hydrogens (tertiary/aromatic N) is 3. The second-order valence-corrected chi connectivity index (χ2v) is 11.5. The van der Waals surface area contributed by atoms with E-state index >= 15 is 0 Å². The van der Waals surface area contributed by atoms with Gasteiger partial charge in [0.2, 0.25) is 11.8 Å². The van der Waals surface area contributed by atoms with E-state index in [1.807, 2.05) is 0 Å². The number of hydrogen-bond donors (Lipinski definition) is 2. The van der Waals surface area contributed by atoms with E-state index in [9.17, 15) is 22.8 Å². The van der Waals surface area contributed by atoms with Crippen LogP contribution in [-0.2, 0) is 14.6 Å². The summed E-state index contributed by atoms with van der Waals surface area (Å²) in [7, 11) is -3.64. The number of rotatable bonds is 7. The minimum absolute atomic E-state index is 0.0100. The summed E-state index contributed by atoms with van der Waals surface area (Å²) in [4.78, 5) is 46.5. The van der Waals surface area contributed by atoms with E-state index in [1.54, 1.807) is 0 Å². The Kier molecular flexibility index (Phi) is 7.41. The molecule has 12 heteroatoms. The highest BCUT2D eigenvalue weighted by atomic mass is 35.5. The van der Waals surface area contributed by atoms with Crippen LogP contribution in [0.3, 0.4) is 0 Å². The number of carbonyl (C=O) groups is 2. The molecule has 1 fully saturated rings. The first kappa shape index (κ1) is 25.8. The molecule has 1 aliphatic rings. The second-order valence-electron chi connectivity index (χ2n) is 9.07. The fourth-order valence-electron chi connectivity index (χ4n) is 4.52. The number of fused-ring (bicyclic) bond motifs is 1. The average Bonchev–Trinajstić information content (AvgIpc) is 2.83. The van der Waals surface area contributed by atoms with Gasteiger partial charge < -0.3 is 11.1 Å². The molecule has 0 spiro atoms. The van der Waals surface area contributed by atoms with Gasteiger partial charge >= 0.3 is 0 Å². The van der Waals surface area contributed by atoms with Gasteiger partial charge in [-0.2, -0.15) is 0 Å². The monoisotopic (exact) mass is 531 g/mol. The number of anilines is 1. The number of nitrogens with one attached hydrogen (secondary N) is 1. The molecule has 3 N–H and O–H groups in total. The van der Waals surface area contributed by atoms with Crippen LogP contribution in [0.4, 0.5) is 5.82 Å². The summed E-state index contributed by atoms with van der Waals surface area (Å²) < 4.78 is 25.5. The van der Waals surface area contributed by atoms with Gasteiger partial charge in [0.1, 0.15) is 11.9 Å². The zero-order chi connectivity index (χ0) is 26.0. The average molecular weight is 532 g/mol. The summed E-state index contributed by atoms with van der Waals surface area (Å²) in [6, 6.07) is 4.47. The van der Waals surface area contributed by atoms with Crippen molar-refractivity contribution in [1.29, 1.82) is 0 Å². The van der Waals surface area contributed by atoms with Crippen molar-refractivity contribution < 1.29 is 18.0 Å². The number of pyridine rings is 1. The smallest absolute Gasteiger partial charge is 0.262 e. The fraction of sp³-hybridized carbons (Fsp3) is 0.375. The molecule has 3 aromatic rings. The number of amides is 2. The van der Waals surface area contributed by atoms with E-state index < -0.39 is 33.3 Å². The molecule has 0 saturated heterocycles. The Labute approximate surface area is 212 Å². The van der Waals surface area contributed by atoms with Crippen molar-refractivity contribution in [3.05, 3.63) is 57.7 Å². The van der Waals surface area contributed by atoms with Crippen molar-refractivity contribution in [2.75, 3.05) is 11.6 Å². The molecule has 1 atom stereocenters. The molecule has 0 radical (unpaired) electrons. The van der Waals surface area contributed by atoms with E-state index in [0.717, 1.165) is 38.4 Å². The van der Waals surface area contributed by atoms with Crippen molar-refractivity contribution in [3.63, 3.8) is 0 Å². The fourth-order valence-corrected chi connectivity index (χ4v) is 5.52. The lowest BCUT2D eigenvalue weighted by Crippen LogP contribution is -2.35. The Balaban J connectivity index is 1.75. The molecule has 1 aliphatic carbocycles. The number of halogens is 1. The molecule has 4 rings (SSSR count). The van der Waals surface area contributed by atoms with Crippen molar-refractivity contribution in [1.82, 2.24) is 14.5 Å². The Morgan fingerprint density at radius 1 is 1.19 bits per heavy atom. The molecular weight excluding hydrogens is 506 g/mol. The molecule has 1 aromatic carbocycles. The van der Waals surface area contributed by atoms with Crippen LogP contribution in [0.25, 0.3) is 10.9 Å². The van der Waals surface area contributed by atoms with Crippen LogP contribution in [-0.4, -0.2) is 41.0 Å². The molecule has 190 valence electrons. The maximum Gasteiger partial charge on any atom is 0.262 e. The first-order chi connectivity index (χ1) is 17.0. The van der Waals surface area contributed by atoms with Gasteiger partial charge in [0.05, 0.1) is 32.7 Å². The third-order valence-corrected chi connectivity index (χ3v) is 7.84. The predicted octanol–water partition coefficient (Wildman–Crippen LogP) is 3.10. The quantitative estimate of drug-likeness (QED) is 0.474. The number of carbonyl (C=O) groups excluding carboxylic acids is 2. The van der Waals surface area contributed by atoms with E-state index in [2.05, 4.69) is 15.3 Å². The van der Waals surface area contributed by atoms with Crippen LogP contribution in [0.15, 0.2) is 46.5 Å². The first-order valence-electron chi connectivity index (χ1n) is 11.5. The van der Waals surface area contributed by atoms with Crippen molar-refractivity contribution in [2.24, 2.45) is 11.7 Å². The summed E-state index contributed by atoms with van der Waals surface area (Å²) in [6.45, 7) is 0. The number of primary amides is 1. The minimum atomic E-state index is -3.64. The van der Waals surface area contributed by atoms with Gasteiger partial charge in [0.25, 0.3) is 5.56 Å². The highest BCUT2D eigenvalue weighted by Gasteiger charge is 2.28. The molecule has 2 amide bonds. The van der Waals surface area contributed by atoms with Crippen molar-refractivity contribution >= 4 is 50.0 Å². The molecule has 1 saturated carbocycles. The van der Waals surface area contributed by atoms with Gasteiger partial charge in [-0.1, -0.05) is 43.7 Å². The van der Waals surface area contributed by atoms with Crippen LogP contribution < -0.4 is 16.6 Å². The summed E-state index contributed by atoms with van der Waals surface area (Å²) in [5, 5.41) is 2.75. The number of hydrogen-bond acceptors (Lipinski definition) is 7. The van der Waals surface area contributed by atoms with Gasteiger partial charge in [0.15, 0.2) is 9.84 Å². The van der Waals surface area contributed by atoms with Crippen molar-refractivity contribution in [3.8, 4) is 0 Å². The first-order valence-corrected chi connectivity index (χ1v) is 13.8. The minimum Gasteiger partial charge on any atom is -0.366 e. The Morgan fingerprint density at radius 2 is 1.92 bits per heavy atom. The van der Waals surface area contributed by atoms with E-state index in [0.29, 0.717) is 6.42 Å². The highest BCUT2D eigenvalue weighted by Crippen LogP contribution is 2.32. The zero-order valence-electron chi connectivity index (χ0n) is 19.6. The topological polar surface area (TPSA) is 154 Å². The number of sulfone groups is 1. The molecular formula is C24H26ClN5O5S. The number of aromatic nitrogens is 3. The molecule has 0 unspecified atom stereocenters. The summed E-state index contributed by atoms with van der Waals surface area (Å²) in [6.07, 6.45) is 9.06. The molecule has 2 heterocycles. The lowest BCUT2D eigenvalue weighted by molar-refractivity contribution is -0.120. The number of nitrogens with two attached hydrogens (primary N) is 1. The molecule has 36 heavy (non-hydrogen) atoms. The third-order valence-electron chi connectivity index (χ3n) is 6.46. The lowest BCUT2D eigenvalue weighted by Gasteiger charge is -2.27.